The Bertz CT molecular complexity index is 1780. The Kier molecular flexibility index (Phi) is 11.2. The number of rotatable bonds is 13. The molecule has 2 heterocycles. The van der Waals surface area contributed by atoms with Crippen molar-refractivity contribution < 1.29 is 38.2 Å². The lowest BCUT2D eigenvalue weighted by Gasteiger charge is -2.38. The van der Waals surface area contributed by atoms with Gasteiger partial charge in [0.25, 0.3) is 0 Å². The number of carbonyl (C=O) groups is 3. The van der Waals surface area contributed by atoms with Gasteiger partial charge in [0, 0.05) is 47.1 Å². The Balaban J connectivity index is 1.59. The fourth-order valence-electron chi connectivity index (χ4n) is 6.32. The van der Waals surface area contributed by atoms with Crippen molar-refractivity contribution in [1.29, 1.82) is 0 Å². The lowest BCUT2D eigenvalue weighted by atomic mass is 9.69. The number of nitrogens with one attached hydrogen (secondary N) is 1. The zero-order valence-corrected chi connectivity index (χ0v) is 30.8. The number of benzene rings is 2. The topological polar surface area (TPSA) is 150 Å². The average Bonchev–Trinajstić information content (AvgIpc) is 3.70. The second-order valence-electron chi connectivity index (χ2n) is 12.3. The molecule has 1 aliphatic carbocycles. The minimum atomic E-state index is -1.99. The first kappa shape index (κ1) is 36.6. The van der Waals surface area contributed by atoms with Crippen LogP contribution in [0.3, 0.4) is 0 Å². The van der Waals surface area contributed by atoms with Crippen LogP contribution < -0.4 is 19.5 Å². The van der Waals surface area contributed by atoms with E-state index < -0.39 is 46.7 Å². The monoisotopic (exact) mass is 729 g/mol. The van der Waals surface area contributed by atoms with Crippen LogP contribution in [0.15, 0.2) is 51.1 Å². The molecule has 49 heavy (non-hydrogen) atoms. The molecule has 262 valence electrons. The number of hydrogen-bond donors (Lipinski definition) is 2. The van der Waals surface area contributed by atoms with E-state index in [2.05, 4.69) is 15.5 Å². The number of fused-ring (bicyclic) bond motifs is 1. The van der Waals surface area contributed by atoms with Gasteiger partial charge >= 0.3 is 0 Å². The molecule has 0 bridgehead atoms. The number of hydrogen-bond acceptors (Lipinski definition) is 12. The van der Waals surface area contributed by atoms with Gasteiger partial charge in [0.2, 0.25) is 23.2 Å². The molecule has 4 atom stereocenters. The van der Waals surface area contributed by atoms with Crippen LogP contribution in [0.1, 0.15) is 85.5 Å². The van der Waals surface area contributed by atoms with Gasteiger partial charge in [0.1, 0.15) is 28.1 Å². The smallest absolute Gasteiger partial charge is 0.249 e. The summed E-state index contributed by atoms with van der Waals surface area (Å²) in [7, 11) is 2.82. The predicted molar refractivity (Wildman–Crippen MR) is 189 cm³/mol. The first-order valence-electron chi connectivity index (χ1n) is 15.8. The summed E-state index contributed by atoms with van der Waals surface area (Å²) < 4.78 is 22.8. The highest BCUT2D eigenvalue weighted by atomic mass is 35.5. The number of allylic oxidation sites excluding steroid dienone is 1. The molecule has 0 saturated carbocycles. The van der Waals surface area contributed by atoms with Crippen LogP contribution in [0.5, 0.6) is 17.2 Å². The molecule has 1 spiro atoms. The van der Waals surface area contributed by atoms with Gasteiger partial charge in [-0.1, -0.05) is 49.7 Å². The molecule has 0 saturated heterocycles. The largest absolute Gasteiger partial charge is 0.507 e. The number of halogens is 1. The van der Waals surface area contributed by atoms with E-state index in [0.717, 1.165) is 4.90 Å². The molecule has 0 fully saturated rings. The molecule has 1 aromatic heterocycles. The minimum absolute atomic E-state index is 0.00876. The fraction of sp³-hybridized carbons (Fsp3) is 0.457. The third kappa shape index (κ3) is 6.77. The highest BCUT2D eigenvalue weighted by molar-refractivity contribution is 7.98. The van der Waals surface area contributed by atoms with Crippen LogP contribution >= 0.6 is 35.1 Å². The second-order valence-corrected chi connectivity index (χ2v) is 14.6. The van der Waals surface area contributed by atoms with Gasteiger partial charge in [0.05, 0.1) is 14.2 Å². The van der Waals surface area contributed by atoms with Crippen molar-refractivity contribution in [1.82, 2.24) is 15.5 Å². The van der Waals surface area contributed by atoms with E-state index >= 15 is 0 Å². The fourth-order valence-corrected chi connectivity index (χ4v) is 7.46. The maximum absolute atomic E-state index is 14.4. The highest BCUT2D eigenvalue weighted by Crippen LogP contribution is 2.55. The SMILES string of the molecule is COc1cc(OC)c2c(c1Cl)O[C@]1(C2=O)C(O)=C(C(CC(=O)NC(CCSC)c2nc(C(C)C)no2)c2ccc(SC)cc2)C(=O)C[C@H]1C. The van der Waals surface area contributed by atoms with Crippen LogP contribution in [0.25, 0.3) is 0 Å². The zero-order valence-electron chi connectivity index (χ0n) is 28.4. The van der Waals surface area contributed by atoms with Crippen molar-refractivity contribution in [2.24, 2.45) is 5.92 Å². The molecule has 2 unspecified atom stereocenters. The van der Waals surface area contributed by atoms with E-state index in [9.17, 15) is 19.5 Å². The molecular weight excluding hydrogens is 690 g/mol. The summed E-state index contributed by atoms with van der Waals surface area (Å²) in [6, 6.07) is 8.29. The lowest BCUT2D eigenvalue weighted by Crippen LogP contribution is -2.53. The Morgan fingerprint density at radius 1 is 1.16 bits per heavy atom. The maximum Gasteiger partial charge on any atom is 0.249 e. The molecule has 1 aliphatic heterocycles. The van der Waals surface area contributed by atoms with E-state index in [-0.39, 0.29) is 52.2 Å². The number of ether oxygens (including phenoxy) is 3. The molecule has 1 amide bonds. The summed E-state index contributed by atoms with van der Waals surface area (Å²) in [5, 5.41) is 19.3. The number of carbonyl (C=O) groups excluding carboxylic acids is 3. The second kappa shape index (κ2) is 15.1. The molecule has 2 aromatic carbocycles. The number of thioether (sulfide) groups is 2. The summed E-state index contributed by atoms with van der Waals surface area (Å²) in [6.45, 7) is 5.56. The number of nitrogens with zero attached hydrogens (tertiary/aromatic N) is 2. The summed E-state index contributed by atoms with van der Waals surface area (Å²) in [6.07, 6.45) is 4.07. The molecule has 3 aromatic rings. The van der Waals surface area contributed by atoms with Crippen LogP contribution in [0, 0.1) is 5.92 Å². The van der Waals surface area contributed by atoms with E-state index in [0.29, 0.717) is 29.5 Å². The van der Waals surface area contributed by atoms with Crippen LogP contribution in [-0.4, -0.2) is 70.8 Å². The number of amides is 1. The highest BCUT2D eigenvalue weighted by Gasteiger charge is 2.61. The number of ketones is 2. The summed E-state index contributed by atoms with van der Waals surface area (Å²) >= 11 is 9.78. The molecule has 11 nitrogen and oxygen atoms in total. The van der Waals surface area contributed by atoms with Crippen molar-refractivity contribution in [3.63, 3.8) is 0 Å². The van der Waals surface area contributed by atoms with Gasteiger partial charge in [0.15, 0.2) is 23.1 Å². The van der Waals surface area contributed by atoms with E-state index in [1.54, 1.807) is 30.4 Å². The minimum Gasteiger partial charge on any atom is -0.507 e. The molecule has 14 heteroatoms. The summed E-state index contributed by atoms with van der Waals surface area (Å²) in [4.78, 5) is 47.8. The number of aromatic nitrogens is 2. The molecule has 2 aliphatic rings. The molecule has 5 rings (SSSR count). The normalized spacial score (nSPS) is 20.0. The summed E-state index contributed by atoms with van der Waals surface area (Å²) in [5.41, 5.74) is -1.42. The van der Waals surface area contributed by atoms with E-state index in [1.165, 1.54) is 20.3 Å². The zero-order chi connectivity index (χ0) is 35.6. The van der Waals surface area contributed by atoms with Crippen molar-refractivity contribution in [2.75, 3.05) is 32.5 Å². The van der Waals surface area contributed by atoms with Crippen LogP contribution in [-0.2, 0) is 9.59 Å². The van der Waals surface area contributed by atoms with Crippen molar-refractivity contribution in [2.45, 2.75) is 68.4 Å². The Morgan fingerprint density at radius 2 is 1.86 bits per heavy atom. The number of methoxy groups -OCH3 is 2. The van der Waals surface area contributed by atoms with E-state index in [4.69, 9.17) is 30.3 Å². The van der Waals surface area contributed by atoms with Gasteiger partial charge in [-0.2, -0.15) is 16.7 Å². The molecule has 2 N–H and O–H groups in total. The van der Waals surface area contributed by atoms with Crippen molar-refractivity contribution >= 4 is 52.6 Å². The number of Topliss-reactive ketones (excluding diaryl/α,β-unsaturated/α-hetero) is 2. The van der Waals surface area contributed by atoms with Crippen molar-refractivity contribution in [3.8, 4) is 17.2 Å². The first-order valence-corrected chi connectivity index (χ1v) is 18.8. The van der Waals surface area contributed by atoms with Gasteiger partial charge in [-0.3, -0.25) is 14.4 Å². The third-order valence-electron chi connectivity index (χ3n) is 8.99. The first-order chi connectivity index (χ1) is 23.4. The standard InChI is InChI=1S/C35H40ClN3O8S2/c1-17(2)33-38-34(47-39-33)22(12-13-48-6)37-26(41)15-21(19-8-10-20(49-7)11-9-19)27-23(40)14-18(3)35(31(27)42)32(43)28-24(44-4)16-25(45-5)29(36)30(28)46-35/h8-11,16-18,21-22,42H,12-15H2,1-7H3,(H,37,41)/t18-,21?,22?,35+/m1/s1. The third-order valence-corrected chi connectivity index (χ3v) is 10.7. The molecular formula is C35H40ClN3O8S2. The Labute approximate surface area is 298 Å². The lowest BCUT2D eigenvalue weighted by molar-refractivity contribution is -0.122. The average molecular weight is 730 g/mol. The molecule has 0 radical (unpaired) electrons. The summed E-state index contributed by atoms with van der Waals surface area (Å²) in [5.74, 6) is -1.76. The van der Waals surface area contributed by atoms with Gasteiger partial charge in [-0.15, -0.1) is 11.8 Å². The van der Waals surface area contributed by atoms with Crippen LogP contribution in [0.2, 0.25) is 5.02 Å². The van der Waals surface area contributed by atoms with Crippen LogP contribution in [0.4, 0.5) is 0 Å². The Morgan fingerprint density at radius 3 is 2.45 bits per heavy atom. The van der Waals surface area contributed by atoms with Gasteiger partial charge < -0.3 is 29.2 Å². The predicted octanol–water partition coefficient (Wildman–Crippen LogP) is 7.10. The quantitative estimate of drug-likeness (QED) is 0.173. The van der Waals surface area contributed by atoms with Gasteiger partial charge in [-0.25, -0.2) is 0 Å². The van der Waals surface area contributed by atoms with E-state index in [1.807, 2.05) is 50.6 Å². The number of aliphatic hydroxyl groups is 1. The maximum atomic E-state index is 14.4. The van der Waals surface area contributed by atoms with Crippen molar-refractivity contribution in [3.05, 3.63) is 69.5 Å². The Hall–Kier alpha value is -3.68. The van der Waals surface area contributed by atoms with Gasteiger partial charge in [-0.05, 0) is 42.4 Å². The number of aliphatic hydroxyl groups excluding tert-OH is 1.